The Morgan fingerprint density at radius 3 is 2.85 bits per heavy atom. The van der Waals surface area contributed by atoms with Crippen LogP contribution >= 0.6 is 0 Å². The number of anilines is 1. The molecular formula is C17H18FNO. The summed E-state index contributed by atoms with van der Waals surface area (Å²) in [4.78, 5) is 0. The first kappa shape index (κ1) is 13.1. The average Bonchev–Trinajstić information content (AvgIpc) is 2.49. The van der Waals surface area contributed by atoms with Gasteiger partial charge in [0.05, 0.1) is 12.1 Å². The number of benzene rings is 2. The summed E-state index contributed by atoms with van der Waals surface area (Å²) in [5.41, 5.74) is 3.56. The first-order valence-corrected chi connectivity index (χ1v) is 6.94. The maximum absolute atomic E-state index is 13.6. The van der Waals surface area contributed by atoms with Crippen LogP contribution in [0.2, 0.25) is 0 Å². The van der Waals surface area contributed by atoms with Crippen LogP contribution in [-0.2, 0) is 6.42 Å². The molecule has 2 nitrogen and oxygen atoms in total. The number of para-hydroxylation sites is 1. The summed E-state index contributed by atoms with van der Waals surface area (Å²) in [5.74, 6) is -0.266. The molecule has 20 heavy (non-hydrogen) atoms. The van der Waals surface area contributed by atoms with Crippen molar-refractivity contribution >= 4 is 5.69 Å². The molecule has 0 spiro atoms. The molecule has 104 valence electrons. The molecule has 1 heterocycles. The first-order valence-electron chi connectivity index (χ1n) is 6.94. The van der Waals surface area contributed by atoms with Crippen LogP contribution in [0.25, 0.3) is 0 Å². The van der Waals surface area contributed by atoms with E-state index in [1.807, 2.05) is 18.2 Å². The number of aliphatic hydroxyl groups is 1. The zero-order valence-corrected chi connectivity index (χ0v) is 11.4. The average molecular weight is 271 g/mol. The molecule has 0 amide bonds. The van der Waals surface area contributed by atoms with Gasteiger partial charge < -0.3 is 10.4 Å². The van der Waals surface area contributed by atoms with E-state index in [1.165, 1.54) is 11.6 Å². The van der Waals surface area contributed by atoms with Crippen molar-refractivity contribution in [3.8, 4) is 0 Å². The molecule has 2 aromatic carbocycles. The van der Waals surface area contributed by atoms with Gasteiger partial charge in [0.1, 0.15) is 5.82 Å². The van der Waals surface area contributed by atoms with Gasteiger partial charge in [0, 0.05) is 5.69 Å². The van der Waals surface area contributed by atoms with Crippen LogP contribution in [0.15, 0.2) is 42.5 Å². The van der Waals surface area contributed by atoms with Crippen molar-refractivity contribution in [2.45, 2.75) is 31.9 Å². The van der Waals surface area contributed by atoms with Crippen molar-refractivity contribution in [2.24, 2.45) is 0 Å². The highest BCUT2D eigenvalue weighted by Gasteiger charge is 2.25. The Balaban J connectivity index is 1.82. The molecule has 3 heteroatoms. The minimum absolute atomic E-state index is 0.0768. The fraction of sp³-hybridized carbons (Fsp3) is 0.294. The van der Waals surface area contributed by atoms with Gasteiger partial charge >= 0.3 is 0 Å². The van der Waals surface area contributed by atoms with Crippen molar-refractivity contribution in [1.29, 1.82) is 0 Å². The van der Waals surface area contributed by atoms with Crippen LogP contribution in [0.5, 0.6) is 0 Å². The van der Waals surface area contributed by atoms with Crippen LogP contribution in [0.1, 0.15) is 29.2 Å². The molecule has 0 aliphatic carbocycles. The normalized spacial score (nSPS) is 19.1. The summed E-state index contributed by atoms with van der Waals surface area (Å²) >= 11 is 0. The van der Waals surface area contributed by atoms with E-state index in [9.17, 15) is 9.50 Å². The summed E-state index contributed by atoms with van der Waals surface area (Å²) in [6, 6.07) is 13.0. The topological polar surface area (TPSA) is 32.3 Å². The van der Waals surface area contributed by atoms with Crippen LogP contribution in [-0.4, -0.2) is 11.1 Å². The number of hydrogen-bond donors (Lipinski definition) is 2. The molecule has 0 bridgehead atoms. The van der Waals surface area contributed by atoms with Gasteiger partial charge in [-0.3, -0.25) is 0 Å². The van der Waals surface area contributed by atoms with Gasteiger partial charge in [0.2, 0.25) is 0 Å². The van der Waals surface area contributed by atoms with E-state index >= 15 is 0 Å². The number of rotatable bonds is 2. The number of aryl methyl sites for hydroxylation is 2. The first-order chi connectivity index (χ1) is 9.65. The lowest BCUT2D eigenvalue weighted by atomic mass is 9.91. The van der Waals surface area contributed by atoms with Crippen LogP contribution < -0.4 is 5.32 Å². The molecular weight excluding hydrogens is 253 g/mol. The molecule has 2 aromatic rings. The highest BCUT2D eigenvalue weighted by atomic mass is 19.1. The number of halogens is 1. The molecule has 3 rings (SSSR count). The van der Waals surface area contributed by atoms with E-state index in [0.29, 0.717) is 11.1 Å². The quantitative estimate of drug-likeness (QED) is 0.874. The van der Waals surface area contributed by atoms with Crippen molar-refractivity contribution < 1.29 is 9.50 Å². The van der Waals surface area contributed by atoms with Gasteiger partial charge in [0.15, 0.2) is 0 Å². The SMILES string of the molecule is Cc1ccc(C(O)C2CCc3ccccc3N2)cc1F. The minimum atomic E-state index is -0.696. The van der Waals surface area contributed by atoms with Crippen molar-refractivity contribution in [1.82, 2.24) is 0 Å². The molecule has 0 saturated heterocycles. The summed E-state index contributed by atoms with van der Waals surface area (Å²) in [6.45, 7) is 1.72. The summed E-state index contributed by atoms with van der Waals surface area (Å²) in [5, 5.41) is 13.8. The third kappa shape index (κ3) is 2.41. The summed E-state index contributed by atoms with van der Waals surface area (Å²) in [7, 11) is 0. The maximum Gasteiger partial charge on any atom is 0.126 e. The smallest absolute Gasteiger partial charge is 0.126 e. The number of nitrogens with one attached hydrogen (secondary N) is 1. The van der Waals surface area contributed by atoms with Crippen LogP contribution in [0.3, 0.4) is 0 Å². The van der Waals surface area contributed by atoms with Gasteiger partial charge in [-0.15, -0.1) is 0 Å². The second-order valence-electron chi connectivity index (χ2n) is 5.40. The van der Waals surface area contributed by atoms with Gasteiger partial charge in [0.25, 0.3) is 0 Å². The Bertz CT molecular complexity index is 626. The molecule has 1 aliphatic rings. The molecule has 0 saturated carbocycles. The molecule has 0 fully saturated rings. The lowest BCUT2D eigenvalue weighted by Crippen LogP contribution is -2.31. The fourth-order valence-electron chi connectivity index (χ4n) is 2.72. The predicted molar refractivity (Wildman–Crippen MR) is 78.3 cm³/mol. The van der Waals surface area contributed by atoms with Gasteiger partial charge in [-0.1, -0.05) is 30.3 Å². The molecule has 1 aliphatic heterocycles. The van der Waals surface area contributed by atoms with Gasteiger partial charge in [-0.2, -0.15) is 0 Å². The molecule has 0 radical (unpaired) electrons. The number of aliphatic hydroxyl groups excluding tert-OH is 1. The molecule has 0 aromatic heterocycles. The zero-order chi connectivity index (χ0) is 14.1. The Hall–Kier alpha value is -1.87. The number of hydrogen-bond acceptors (Lipinski definition) is 2. The van der Waals surface area contributed by atoms with E-state index in [4.69, 9.17) is 0 Å². The maximum atomic E-state index is 13.6. The standard InChI is InChI=1S/C17H18FNO/c1-11-6-7-13(10-14(11)18)17(20)16-9-8-12-4-2-3-5-15(12)19-16/h2-7,10,16-17,19-20H,8-9H2,1H3. The lowest BCUT2D eigenvalue weighted by molar-refractivity contribution is 0.148. The van der Waals surface area contributed by atoms with Crippen LogP contribution in [0.4, 0.5) is 10.1 Å². The number of fused-ring (bicyclic) bond motifs is 1. The Morgan fingerprint density at radius 2 is 2.05 bits per heavy atom. The van der Waals surface area contributed by atoms with Crippen molar-refractivity contribution in [2.75, 3.05) is 5.32 Å². The van der Waals surface area contributed by atoms with E-state index in [1.54, 1.807) is 19.1 Å². The lowest BCUT2D eigenvalue weighted by Gasteiger charge is -2.31. The van der Waals surface area contributed by atoms with E-state index in [-0.39, 0.29) is 11.9 Å². The Labute approximate surface area is 118 Å². The molecule has 2 atom stereocenters. The summed E-state index contributed by atoms with van der Waals surface area (Å²) < 4.78 is 13.6. The van der Waals surface area contributed by atoms with Crippen LogP contribution in [0, 0.1) is 12.7 Å². The van der Waals surface area contributed by atoms with E-state index in [2.05, 4.69) is 11.4 Å². The predicted octanol–water partition coefficient (Wildman–Crippen LogP) is 3.59. The Morgan fingerprint density at radius 1 is 1.25 bits per heavy atom. The summed E-state index contributed by atoms with van der Waals surface area (Å²) in [6.07, 6.45) is 1.07. The van der Waals surface area contributed by atoms with Crippen molar-refractivity contribution in [3.05, 3.63) is 65.0 Å². The highest BCUT2D eigenvalue weighted by Crippen LogP contribution is 2.31. The molecule has 2 unspecified atom stereocenters. The third-order valence-electron chi connectivity index (χ3n) is 4.00. The fourth-order valence-corrected chi connectivity index (χ4v) is 2.72. The van der Waals surface area contributed by atoms with Gasteiger partial charge in [-0.05, 0) is 48.6 Å². The Kier molecular flexibility index (Phi) is 3.45. The third-order valence-corrected chi connectivity index (χ3v) is 4.00. The largest absolute Gasteiger partial charge is 0.386 e. The monoisotopic (exact) mass is 271 g/mol. The second kappa shape index (κ2) is 5.25. The highest BCUT2D eigenvalue weighted by molar-refractivity contribution is 5.54. The van der Waals surface area contributed by atoms with Gasteiger partial charge in [-0.25, -0.2) is 4.39 Å². The minimum Gasteiger partial charge on any atom is -0.386 e. The second-order valence-corrected chi connectivity index (χ2v) is 5.40. The van der Waals surface area contributed by atoms with Crippen molar-refractivity contribution in [3.63, 3.8) is 0 Å². The molecule has 2 N–H and O–H groups in total. The van der Waals surface area contributed by atoms with E-state index < -0.39 is 6.10 Å². The van der Waals surface area contributed by atoms with E-state index in [0.717, 1.165) is 18.5 Å². The zero-order valence-electron chi connectivity index (χ0n) is 11.4.